The van der Waals surface area contributed by atoms with Gasteiger partial charge in [0.05, 0.1) is 6.61 Å². The predicted octanol–water partition coefficient (Wildman–Crippen LogP) is 2.97. The van der Waals surface area contributed by atoms with Crippen molar-refractivity contribution < 1.29 is 9.53 Å². The van der Waals surface area contributed by atoms with Crippen LogP contribution in [-0.4, -0.2) is 25.6 Å². The molecule has 21 heavy (non-hydrogen) atoms. The Balaban J connectivity index is 2.55. The van der Waals surface area contributed by atoms with Crippen molar-refractivity contribution in [2.75, 3.05) is 19.7 Å². The van der Waals surface area contributed by atoms with Crippen molar-refractivity contribution in [1.29, 1.82) is 0 Å². The topological polar surface area (TPSA) is 64.3 Å². The van der Waals surface area contributed by atoms with Crippen LogP contribution < -0.4 is 15.8 Å². The Morgan fingerprint density at radius 1 is 1.38 bits per heavy atom. The minimum atomic E-state index is -0.0576. The Hall–Kier alpha value is -1.55. The molecule has 0 unspecified atom stereocenters. The summed E-state index contributed by atoms with van der Waals surface area (Å²) in [5.74, 6) is 0.685. The first-order chi connectivity index (χ1) is 9.98. The molecule has 3 N–H and O–H groups in total. The maximum Gasteiger partial charge on any atom is 0.251 e. The summed E-state index contributed by atoms with van der Waals surface area (Å²) in [6.45, 7) is 8.34. The second-order valence-corrected chi connectivity index (χ2v) is 6.12. The summed E-state index contributed by atoms with van der Waals surface area (Å²) in [5.41, 5.74) is 6.24. The minimum Gasteiger partial charge on any atom is -0.494 e. The van der Waals surface area contributed by atoms with E-state index in [0.717, 1.165) is 25.0 Å². The van der Waals surface area contributed by atoms with E-state index in [0.29, 0.717) is 25.3 Å². The van der Waals surface area contributed by atoms with Gasteiger partial charge in [-0.25, -0.2) is 0 Å². The van der Waals surface area contributed by atoms with Gasteiger partial charge >= 0.3 is 0 Å². The third-order valence-electron chi connectivity index (χ3n) is 3.35. The smallest absolute Gasteiger partial charge is 0.251 e. The summed E-state index contributed by atoms with van der Waals surface area (Å²) in [5, 5.41) is 3.00. The molecule has 4 heteroatoms. The molecule has 118 valence electrons. The lowest BCUT2D eigenvalue weighted by Gasteiger charge is -2.24. The lowest BCUT2D eigenvalue weighted by Crippen LogP contribution is -2.34. The van der Waals surface area contributed by atoms with Crippen LogP contribution in [0.3, 0.4) is 0 Å². The summed E-state index contributed by atoms with van der Waals surface area (Å²) in [7, 11) is 0. The van der Waals surface area contributed by atoms with Crippen LogP contribution >= 0.6 is 0 Å². The van der Waals surface area contributed by atoms with Gasteiger partial charge in [0.15, 0.2) is 0 Å². The van der Waals surface area contributed by atoms with Crippen molar-refractivity contribution >= 4 is 5.91 Å². The molecule has 1 amide bonds. The summed E-state index contributed by atoms with van der Waals surface area (Å²) in [4.78, 5) is 12.2. The van der Waals surface area contributed by atoms with E-state index in [1.807, 2.05) is 12.1 Å². The molecule has 0 bridgehead atoms. The molecule has 4 nitrogen and oxygen atoms in total. The Kier molecular flexibility index (Phi) is 7.23. The maximum atomic E-state index is 12.2. The average Bonchev–Trinajstić information content (AvgIpc) is 2.49. The normalized spacial score (nSPS) is 11.2. The summed E-state index contributed by atoms with van der Waals surface area (Å²) < 4.78 is 5.55. The first-order valence-electron chi connectivity index (χ1n) is 7.69. The highest BCUT2D eigenvalue weighted by molar-refractivity contribution is 5.94. The number of amides is 1. The van der Waals surface area contributed by atoms with Gasteiger partial charge in [-0.1, -0.05) is 26.8 Å². The van der Waals surface area contributed by atoms with E-state index in [4.69, 9.17) is 10.5 Å². The predicted molar refractivity (Wildman–Crippen MR) is 86.6 cm³/mol. The molecule has 0 aliphatic rings. The highest BCUT2D eigenvalue weighted by Gasteiger charge is 2.18. The van der Waals surface area contributed by atoms with Crippen molar-refractivity contribution in [3.8, 4) is 5.75 Å². The number of hydrogen-bond donors (Lipinski definition) is 2. The van der Waals surface area contributed by atoms with Gasteiger partial charge in [-0.3, -0.25) is 4.79 Å². The first kappa shape index (κ1) is 17.5. The molecule has 0 saturated heterocycles. The van der Waals surface area contributed by atoms with E-state index in [1.165, 1.54) is 0 Å². The third-order valence-corrected chi connectivity index (χ3v) is 3.35. The standard InChI is InChI=1S/C17H28N2O2/c1-4-11-21-15-8-5-7-14(12-15)16(20)19-13-17(2,3)9-6-10-18/h5,7-8,12H,4,6,9-11,13,18H2,1-3H3,(H,19,20). The van der Waals surface area contributed by atoms with Crippen LogP contribution in [0.15, 0.2) is 24.3 Å². The molecule has 0 spiro atoms. The van der Waals surface area contributed by atoms with E-state index in [1.54, 1.807) is 12.1 Å². The van der Waals surface area contributed by atoms with Gasteiger partial charge in [0.25, 0.3) is 5.91 Å². The summed E-state index contributed by atoms with van der Waals surface area (Å²) in [6.07, 6.45) is 2.93. The first-order valence-corrected chi connectivity index (χ1v) is 7.69. The van der Waals surface area contributed by atoms with Crippen molar-refractivity contribution in [3.05, 3.63) is 29.8 Å². The number of nitrogens with one attached hydrogen (secondary N) is 1. The van der Waals surface area contributed by atoms with Gasteiger partial charge < -0.3 is 15.8 Å². The second-order valence-electron chi connectivity index (χ2n) is 6.12. The van der Waals surface area contributed by atoms with Gasteiger partial charge in [0.1, 0.15) is 5.75 Å². The maximum absolute atomic E-state index is 12.2. The fourth-order valence-electron chi connectivity index (χ4n) is 2.04. The zero-order valence-corrected chi connectivity index (χ0v) is 13.4. The zero-order valence-electron chi connectivity index (χ0n) is 13.4. The molecule has 0 aliphatic heterocycles. The number of carbonyl (C=O) groups is 1. The molecule has 0 radical (unpaired) electrons. The molecule has 1 rings (SSSR count). The molecule has 0 heterocycles. The number of benzene rings is 1. The monoisotopic (exact) mass is 292 g/mol. The quantitative estimate of drug-likeness (QED) is 0.735. The Morgan fingerprint density at radius 2 is 2.14 bits per heavy atom. The molecule has 0 aliphatic carbocycles. The fraction of sp³-hybridized carbons (Fsp3) is 0.588. The van der Waals surface area contributed by atoms with Crippen molar-refractivity contribution in [2.24, 2.45) is 11.1 Å². The minimum absolute atomic E-state index is 0.0576. The SMILES string of the molecule is CCCOc1cccc(C(=O)NCC(C)(C)CCCN)c1. The molecule has 0 saturated carbocycles. The average molecular weight is 292 g/mol. The largest absolute Gasteiger partial charge is 0.494 e. The highest BCUT2D eigenvalue weighted by Crippen LogP contribution is 2.21. The van der Waals surface area contributed by atoms with Crippen LogP contribution in [-0.2, 0) is 0 Å². The second kappa shape index (κ2) is 8.67. The molecule has 0 fully saturated rings. The molecule has 1 aromatic rings. The van der Waals surface area contributed by atoms with Crippen LogP contribution in [0.2, 0.25) is 0 Å². The van der Waals surface area contributed by atoms with Crippen LogP contribution in [0, 0.1) is 5.41 Å². The van der Waals surface area contributed by atoms with E-state index >= 15 is 0 Å². The van der Waals surface area contributed by atoms with E-state index in [9.17, 15) is 4.79 Å². The molecule has 0 aromatic heterocycles. The van der Waals surface area contributed by atoms with Gasteiger partial charge in [-0.15, -0.1) is 0 Å². The van der Waals surface area contributed by atoms with Crippen molar-refractivity contribution in [3.63, 3.8) is 0 Å². The van der Waals surface area contributed by atoms with Gasteiger partial charge in [-0.2, -0.15) is 0 Å². The van der Waals surface area contributed by atoms with Crippen LogP contribution in [0.1, 0.15) is 50.4 Å². The van der Waals surface area contributed by atoms with Gasteiger partial charge in [0, 0.05) is 12.1 Å². The summed E-state index contributed by atoms with van der Waals surface area (Å²) >= 11 is 0. The van der Waals surface area contributed by atoms with Gasteiger partial charge in [-0.05, 0) is 49.4 Å². The Labute approximate surface area is 128 Å². The van der Waals surface area contributed by atoms with E-state index < -0.39 is 0 Å². The molecule has 0 atom stereocenters. The van der Waals surface area contributed by atoms with Crippen molar-refractivity contribution in [2.45, 2.75) is 40.0 Å². The fourth-order valence-corrected chi connectivity index (χ4v) is 2.04. The molecular weight excluding hydrogens is 264 g/mol. The Bertz CT molecular complexity index is 444. The number of rotatable bonds is 9. The highest BCUT2D eigenvalue weighted by atomic mass is 16.5. The van der Waals surface area contributed by atoms with Crippen LogP contribution in [0.5, 0.6) is 5.75 Å². The Morgan fingerprint density at radius 3 is 2.81 bits per heavy atom. The zero-order chi connectivity index (χ0) is 15.7. The molecule has 1 aromatic carbocycles. The lowest BCUT2D eigenvalue weighted by molar-refractivity contribution is 0.0934. The number of nitrogens with two attached hydrogens (primary N) is 1. The van der Waals surface area contributed by atoms with E-state index in [-0.39, 0.29) is 11.3 Å². The summed E-state index contributed by atoms with van der Waals surface area (Å²) in [6, 6.07) is 7.32. The van der Waals surface area contributed by atoms with Crippen LogP contribution in [0.25, 0.3) is 0 Å². The molecular formula is C17H28N2O2. The lowest BCUT2D eigenvalue weighted by atomic mass is 9.87. The van der Waals surface area contributed by atoms with Crippen LogP contribution in [0.4, 0.5) is 0 Å². The number of ether oxygens (including phenoxy) is 1. The van der Waals surface area contributed by atoms with Crippen molar-refractivity contribution in [1.82, 2.24) is 5.32 Å². The van der Waals surface area contributed by atoms with E-state index in [2.05, 4.69) is 26.1 Å². The number of carbonyl (C=O) groups excluding carboxylic acids is 1. The third kappa shape index (κ3) is 6.63. The van der Waals surface area contributed by atoms with Gasteiger partial charge in [0.2, 0.25) is 0 Å². The number of hydrogen-bond acceptors (Lipinski definition) is 3.